The van der Waals surface area contributed by atoms with Crippen molar-refractivity contribution in [3.05, 3.63) is 209 Å². The molecule has 63 heavy (non-hydrogen) atoms. The van der Waals surface area contributed by atoms with Gasteiger partial charge in [-0.2, -0.15) is 15.3 Å². The molecule has 0 fully saturated rings. The quantitative estimate of drug-likeness (QED) is 0.150. The van der Waals surface area contributed by atoms with Gasteiger partial charge in [0, 0.05) is 66.6 Å². The Balaban J connectivity index is 0.000000101. The van der Waals surface area contributed by atoms with Crippen LogP contribution in [-0.2, 0) is 0 Å². The maximum Gasteiger partial charge on any atom is 0.146 e. The van der Waals surface area contributed by atoms with E-state index in [1.54, 1.807) is 97.9 Å². The Morgan fingerprint density at radius 3 is 1.35 bits per heavy atom. The van der Waals surface area contributed by atoms with Crippen molar-refractivity contribution in [2.75, 3.05) is 0 Å². The Labute approximate surface area is 391 Å². The third-order valence-corrected chi connectivity index (χ3v) is 14.8. The minimum atomic E-state index is 1.01. The van der Waals surface area contributed by atoms with Crippen molar-refractivity contribution in [1.82, 2.24) is 35.3 Å². The number of benzene rings is 2. The number of nitrogens with zero attached hydrogens (tertiary/aromatic N) is 7. The minimum Gasteiger partial charge on any atom is -0.264 e. The number of aromatic nitrogens is 7. The monoisotopic (exact) mass is 945 g/mol. The molecule has 0 aliphatic rings. The normalized spacial score (nSPS) is 10.2. The molecule has 12 heterocycles. The number of pyridine rings is 3. The molecule has 14 rings (SSSR count). The van der Waals surface area contributed by atoms with Crippen molar-refractivity contribution >= 4 is 150 Å². The fourth-order valence-corrected chi connectivity index (χ4v) is 10.9. The van der Waals surface area contributed by atoms with Gasteiger partial charge in [0.1, 0.15) is 9.66 Å². The van der Waals surface area contributed by atoms with Crippen molar-refractivity contribution in [2.45, 2.75) is 0 Å². The molecule has 14 aromatic rings. The molecule has 0 radical (unpaired) electrons. The maximum atomic E-state index is 4.16. The molecule has 2 aromatic carbocycles. The third-order valence-electron chi connectivity index (χ3n) is 8.77. The lowest BCUT2D eigenvalue weighted by Crippen LogP contribution is -1.73. The molecular formula is C49H35N7S7. The first kappa shape index (κ1) is 43.4. The fraction of sp³-hybridized carbons (Fsp3) is 0. The number of hydrogen-bond donors (Lipinski definition) is 0. The second-order valence-corrected chi connectivity index (χ2v) is 19.4. The summed E-state index contributed by atoms with van der Waals surface area (Å²) in [6, 6.07) is 41.4. The van der Waals surface area contributed by atoms with Gasteiger partial charge in [0.2, 0.25) is 0 Å². The Bertz CT molecular complexity index is 2630. The van der Waals surface area contributed by atoms with Crippen LogP contribution in [-0.4, -0.2) is 35.3 Å². The summed E-state index contributed by atoms with van der Waals surface area (Å²) in [4.78, 5) is 14.3. The van der Waals surface area contributed by atoms with Crippen LogP contribution in [0.15, 0.2) is 209 Å². The molecule has 12 aromatic heterocycles. The van der Waals surface area contributed by atoms with Crippen LogP contribution in [0.3, 0.4) is 0 Å². The zero-order valence-corrected chi connectivity index (χ0v) is 38.9. The highest BCUT2D eigenvalue weighted by molar-refractivity contribution is 7.18. The highest BCUT2D eigenvalue weighted by Crippen LogP contribution is 2.22. The van der Waals surface area contributed by atoms with E-state index in [1.165, 1.54) is 61.2 Å². The third kappa shape index (κ3) is 12.7. The van der Waals surface area contributed by atoms with Crippen LogP contribution in [0.25, 0.3) is 70.9 Å². The average molecular weight is 946 g/mol. The van der Waals surface area contributed by atoms with Crippen LogP contribution in [0.4, 0.5) is 0 Å². The minimum absolute atomic E-state index is 1.01. The largest absolute Gasteiger partial charge is 0.264 e. The summed E-state index contributed by atoms with van der Waals surface area (Å²) in [6.45, 7) is 0. The van der Waals surface area contributed by atoms with E-state index < -0.39 is 0 Å². The number of rotatable bonds is 0. The van der Waals surface area contributed by atoms with E-state index in [1.807, 2.05) is 78.1 Å². The lowest BCUT2D eigenvalue weighted by molar-refractivity contribution is 1.05. The fourth-order valence-electron chi connectivity index (χ4n) is 5.67. The number of thiophene rings is 7. The second-order valence-electron chi connectivity index (χ2n) is 12.8. The van der Waals surface area contributed by atoms with Gasteiger partial charge in [0.25, 0.3) is 0 Å². The highest BCUT2D eigenvalue weighted by atomic mass is 32.1. The summed E-state index contributed by atoms with van der Waals surface area (Å²) in [6.07, 6.45) is 14.5. The molecule has 0 saturated carbocycles. The first-order valence-electron chi connectivity index (χ1n) is 19.2. The van der Waals surface area contributed by atoms with Gasteiger partial charge in [0.15, 0.2) is 0 Å². The molecule has 0 aliphatic heterocycles. The summed E-state index contributed by atoms with van der Waals surface area (Å²) in [5, 5.41) is 38.4. The summed E-state index contributed by atoms with van der Waals surface area (Å²) in [5.74, 6) is 0. The molecule has 308 valence electrons. The SMILES string of the molecule is c1cc2ccsc2cn1.c1cc2ccsc2nn1.c1cc2cnncc2s1.c1cc2sccc2cn1.c1ccc2sccc2c1.c1ccc2sccc2c1.c1cnc2sccc2c1. The Morgan fingerprint density at radius 1 is 0.270 bits per heavy atom. The zero-order chi connectivity index (χ0) is 42.7. The lowest BCUT2D eigenvalue weighted by atomic mass is 10.3. The molecule has 0 spiro atoms. The zero-order valence-electron chi connectivity index (χ0n) is 33.2. The van der Waals surface area contributed by atoms with Crippen LogP contribution < -0.4 is 0 Å². The van der Waals surface area contributed by atoms with E-state index in [9.17, 15) is 0 Å². The van der Waals surface area contributed by atoms with Gasteiger partial charge in [-0.15, -0.1) is 84.5 Å². The Morgan fingerprint density at radius 2 is 0.730 bits per heavy atom. The molecule has 7 nitrogen and oxygen atoms in total. The first-order valence-corrected chi connectivity index (χ1v) is 25.4. The summed E-state index contributed by atoms with van der Waals surface area (Å²) < 4.78 is 6.52. The molecular weight excluding hydrogens is 911 g/mol. The van der Waals surface area contributed by atoms with E-state index in [0.29, 0.717) is 0 Å². The van der Waals surface area contributed by atoms with E-state index in [0.717, 1.165) is 9.66 Å². The maximum absolute atomic E-state index is 4.16. The van der Waals surface area contributed by atoms with Gasteiger partial charge in [-0.05, 0) is 133 Å². The van der Waals surface area contributed by atoms with E-state index in [2.05, 4.69) is 147 Å². The van der Waals surface area contributed by atoms with Gasteiger partial charge < -0.3 is 0 Å². The van der Waals surface area contributed by atoms with Crippen LogP contribution in [0.5, 0.6) is 0 Å². The number of hydrogen-bond acceptors (Lipinski definition) is 14. The average Bonchev–Trinajstić information content (AvgIpc) is 4.21. The van der Waals surface area contributed by atoms with Crippen LogP contribution >= 0.6 is 79.4 Å². The predicted molar refractivity (Wildman–Crippen MR) is 277 cm³/mol. The summed E-state index contributed by atoms with van der Waals surface area (Å²) in [5.41, 5.74) is 0. The van der Waals surface area contributed by atoms with Gasteiger partial charge in [-0.25, -0.2) is 4.98 Å². The smallest absolute Gasteiger partial charge is 0.146 e. The molecule has 0 unspecified atom stereocenters. The molecule has 0 bridgehead atoms. The van der Waals surface area contributed by atoms with Crippen molar-refractivity contribution in [3.8, 4) is 0 Å². The van der Waals surface area contributed by atoms with Crippen molar-refractivity contribution in [3.63, 3.8) is 0 Å². The van der Waals surface area contributed by atoms with Crippen molar-refractivity contribution < 1.29 is 0 Å². The van der Waals surface area contributed by atoms with Crippen molar-refractivity contribution in [2.24, 2.45) is 0 Å². The Kier molecular flexibility index (Phi) is 16.0. The number of fused-ring (bicyclic) bond motifs is 7. The summed E-state index contributed by atoms with van der Waals surface area (Å²) >= 11 is 12.0. The molecule has 0 saturated heterocycles. The van der Waals surface area contributed by atoms with E-state index >= 15 is 0 Å². The van der Waals surface area contributed by atoms with Crippen LogP contribution in [0.2, 0.25) is 0 Å². The molecule has 0 atom stereocenters. The molecule has 0 amide bonds. The molecule has 0 N–H and O–H groups in total. The molecule has 14 heteroatoms. The van der Waals surface area contributed by atoms with Crippen molar-refractivity contribution in [1.29, 1.82) is 0 Å². The summed E-state index contributed by atoms with van der Waals surface area (Å²) in [7, 11) is 0. The topological polar surface area (TPSA) is 90.2 Å². The van der Waals surface area contributed by atoms with Gasteiger partial charge in [0.05, 0.1) is 28.0 Å². The predicted octanol–water partition coefficient (Wildman–Crippen LogP) is 16.1. The standard InChI is InChI=1S/2C8H6S.3C7H5NS.2C6H4N2S/c2*1-2-4-8-7(3-1)5-6-9-8;1-3-8-5-6-2-4-9-7(1)6;1-3-8-5-7-6(1)2-4-9-7;1-2-6-3-5-9-7(6)8-4-1;1-3-7-8-6-5(1)2-4-9-6;1-2-9-6-4-8-7-3-5(1)6/h2*1-6H;3*1-5H;2*1-4H. The van der Waals surface area contributed by atoms with Gasteiger partial charge in [-0.1, -0.05) is 42.5 Å². The van der Waals surface area contributed by atoms with Gasteiger partial charge >= 0.3 is 0 Å². The van der Waals surface area contributed by atoms with Crippen LogP contribution in [0.1, 0.15) is 0 Å². The lowest BCUT2D eigenvalue weighted by Gasteiger charge is -1.82. The Hall–Kier alpha value is -6.23. The van der Waals surface area contributed by atoms with E-state index in [4.69, 9.17) is 0 Å². The highest BCUT2D eigenvalue weighted by Gasteiger charge is 1.94. The van der Waals surface area contributed by atoms with Crippen LogP contribution in [0, 0.1) is 0 Å². The molecule has 0 aliphatic carbocycles. The first-order chi connectivity index (χ1) is 31.3. The van der Waals surface area contributed by atoms with Gasteiger partial charge in [-0.3, -0.25) is 9.97 Å². The van der Waals surface area contributed by atoms with E-state index in [-0.39, 0.29) is 0 Å². The second kappa shape index (κ2) is 23.3.